The number of hydrogen-bond acceptors (Lipinski definition) is 2. The van der Waals surface area contributed by atoms with Gasteiger partial charge in [0.15, 0.2) is 0 Å². The second-order valence-electron chi connectivity index (χ2n) is 10.6. The Kier molecular flexibility index (Phi) is 4.89. The summed E-state index contributed by atoms with van der Waals surface area (Å²) in [4.78, 5) is 0. The van der Waals surface area contributed by atoms with E-state index in [9.17, 15) is 0 Å². The van der Waals surface area contributed by atoms with Crippen LogP contribution < -0.4 is 0 Å². The Labute approximate surface area is 244 Å². The highest BCUT2D eigenvalue weighted by molar-refractivity contribution is 7.26. The molecule has 192 valence electrons. The molecule has 7 aromatic carbocycles. The zero-order valence-corrected chi connectivity index (χ0v) is 23.4. The van der Waals surface area contributed by atoms with E-state index in [0.29, 0.717) is 0 Å². The van der Waals surface area contributed by atoms with E-state index in [1.165, 1.54) is 58.4 Å². The Morgan fingerprint density at radius 2 is 1.05 bits per heavy atom. The molecule has 1 nitrogen and oxygen atoms in total. The summed E-state index contributed by atoms with van der Waals surface area (Å²) in [5, 5.41) is 10.5. The number of benzene rings is 7. The maximum atomic E-state index is 6.57. The van der Waals surface area contributed by atoms with Gasteiger partial charge in [-0.1, -0.05) is 115 Å². The van der Waals surface area contributed by atoms with E-state index in [4.69, 9.17) is 16.0 Å². The van der Waals surface area contributed by atoms with Crippen molar-refractivity contribution in [3.63, 3.8) is 0 Å². The summed E-state index contributed by atoms with van der Waals surface area (Å²) in [6.45, 7) is 0. The summed E-state index contributed by atoms with van der Waals surface area (Å²) in [7, 11) is 0. The molecule has 0 aliphatic heterocycles. The minimum Gasteiger partial charge on any atom is -0.455 e. The van der Waals surface area contributed by atoms with Gasteiger partial charge >= 0.3 is 0 Å². The van der Waals surface area contributed by atoms with E-state index in [0.717, 1.165) is 32.5 Å². The van der Waals surface area contributed by atoms with Crippen LogP contribution >= 0.6 is 22.9 Å². The van der Waals surface area contributed by atoms with E-state index in [2.05, 4.69) is 109 Å². The van der Waals surface area contributed by atoms with Crippen molar-refractivity contribution in [2.75, 3.05) is 0 Å². The molecular formula is C38H21ClOS. The van der Waals surface area contributed by atoms with Gasteiger partial charge in [-0.05, 0) is 62.7 Å². The van der Waals surface area contributed by atoms with Gasteiger partial charge in [-0.15, -0.1) is 11.3 Å². The predicted octanol–water partition coefficient (Wildman–Crippen LogP) is 12.2. The molecular weight excluding hydrogens is 540 g/mol. The topological polar surface area (TPSA) is 13.1 Å². The summed E-state index contributed by atoms with van der Waals surface area (Å²) in [6, 6.07) is 45.3. The minimum atomic E-state index is 0.752. The zero-order chi connectivity index (χ0) is 27.1. The third-order valence-electron chi connectivity index (χ3n) is 8.32. The average molecular weight is 561 g/mol. The molecule has 0 unspecified atom stereocenters. The lowest BCUT2D eigenvalue weighted by atomic mass is 9.95. The van der Waals surface area contributed by atoms with Crippen LogP contribution in [0.1, 0.15) is 0 Å². The van der Waals surface area contributed by atoms with Crippen LogP contribution in [0.4, 0.5) is 0 Å². The molecule has 0 saturated carbocycles. The molecule has 2 heterocycles. The number of furan rings is 1. The van der Waals surface area contributed by atoms with Crippen LogP contribution in [0.25, 0.3) is 85.9 Å². The number of halogens is 1. The van der Waals surface area contributed by atoms with Crippen molar-refractivity contribution in [2.45, 2.75) is 0 Å². The second kappa shape index (κ2) is 8.68. The first-order valence-electron chi connectivity index (χ1n) is 13.7. The lowest BCUT2D eigenvalue weighted by molar-refractivity contribution is 0.673. The van der Waals surface area contributed by atoms with Crippen molar-refractivity contribution in [1.29, 1.82) is 0 Å². The van der Waals surface area contributed by atoms with Crippen LogP contribution in [0.5, 0.6) is 0 Å². The molecule has 0 aliphatic rings. The molecule has 9 aromatic rings. The largest absolute Gasteiger partial charge is 0.455 e. The highest BCUT2D eigenvalue weighted by Gasteiger charge is 2.18. The van der Waals surface area contributed by atoms with Gasteiger partial charge in [0.2, 0.25) is 0 Å². The van der Waals surface area contributed by atoms with Crippen LogP contribution in [-0.2, 0) is 0 Å². The van der Waals surface area contributed by atoms with Crippen molar-refractivity contribution in [3.8, 4) is 22.3 Å². The molecule has 0 N–H and O–H groups in total. The van der Waals surface area contributed by atoms with Crippen LogP contribution in [-0.4, -0.2) is 0 Å². The molecule has 0 aliphatic carbocycles. The van der Waals surface area contributed by atoms with E-state index in [1.54, 1.807) is 0 Å². The molecule has 2 aromatic heterocycles. The Hall–Kier alpha value is -4.63. The van der Waals surface area contributed by atoms with Crippen LogP contribution in [0, 0.1) is 0 Å². The van der Waals surface area contributed by atoms with Gasteiger partial charge in [0.25, 0.3) is 0 Å². The van der Waals surface area contributed by atoms with Crippen molar-refractivity contribution < 1.29 is 4.42 Å². The Morgan fingerprint density at radius 1 is 0.463 bits per heavy atom. The summed E-state index contributed by atoms with van der Waals surface area (Å²) in [6.07, 6.45) is 0. The van der Waals surface area contributed by atoms with Crippen molar-refractivity contribution >= 4 is 86.6 Å². The van der Waals surface area contributed by atoms with Gasteiger partial charge in [0, 0.05) is 41.4 Å². The summed E-state index contributed by atoms with van der Waals surface area (Å²) in [5.41, 5.74) is 6.66. The highest BCUT2D eigenvalue weighted by atomic mass is 35.5. The Bertz CT molecular complexity index is 2500. The van der Waals surface area contributed by atoms with Crippen molar-refractivity contribution in [3.05, 3.63) is 132 Å². The van der Waals surface area contributed by atoms with Gasteiger partial charge in [0.05, 0.1) is 0 Å². The van der Waals surface area contributed by atoms with Crippen molar-refractivity contribution in [2.24, 2.45) is 0 Å². The normalized spacial score (nSPS) is 12.0. The fourth-order valence-electron chi connectivity index (χ4n) is 6.51. The van der Waals surface area contributed by atoms with Crippen molar-refractivity contribution in [1.82, 2.24) is 0 Å². The predicted molar refractivity (Wildman–Crippen MR) is 178 cm³/mol. The first kappa shape index (κ1) is 23.1. The van der Waals surface area contributed by atoms with Gasteiger partial charge in [-0.2, -0.15) is 0 Å². The van der Waals surface area contributed by atoms with Gasteiger partial charge in [-0.25, -0.2) is 0 Å². The fraction of sp³-hybridized carbons (Fsp3) is 0. The third-order valence-corrected chi connectivity index (χ3v) is 9.84. The first-order valence-corrected chi connectivity index (χ1v) is 14.9. The summed E-state index contributed by atoms with van der Waals surface area (Å²) in [5.74, 6) is 0. The number of fused-ring (bicyclic) bond motifs is 11. The van der Waals surface area contributed by atoms with Crippen LogP contribution in [0.2, 0.25) is 5.02 Å². The Balaban J connectivity index is 1.33. The standard InChI is InChI=1S/C38H21ClOS/c39-24-9-5-8-22(20-24)25-14-6-16-31-32-17-7-15-26(38(32)41-37(25)31)23-18-19-34-33(21-23)35-29-12-3-1-10-27(29)28-11-2-4-13-30(28)36(35)40-34/h1-21H. The lowest BCUT2D eigenvalue weighted by Crippen LogP contribution is -1.81. The maximum Gasteiger partial charge on any atom is 0.143 e. The molecule has 41 heavy (non-hydrogen) atoms. The maximum absolute atomic E-state index is 6.57. The molecule has 0 saturated heterocycles. The number of rotatable bonds is 2. The van der Waals surface area contributed by atoms with Crippen LogP contribution in [0.15, 0.2) is 132 Å². The zero-order valence-electron chi connectivity index (χ0n) is 21.8. The molecule has 9 rings (SSSR count). The Morgan fingerprint density at radius 3 is 1.76 bits per heavy atom. The monoisotopic (exact) mass is 560 g/mol. The highest BCUT2D eigenvalue weighted by Crippen LogP contribution is 2.46. The quantitative estimate of drug-likeness (QED) is 0.192. The molecule has 0 atom stereocenters. The van der Waals surface area contributed by atoms with E-state index in [1.807, 2.05) is 29.5 Å². The smallest absolute Gasteiger partial charge is 0.143 e. The van der Waals surface area contributed by atoms with Gasteiger partial charge in [-0.3, -0.25) is 0 Å². The summed E-state index contributed by atoms with van der Waals surface area (Å²) >= 11 is 8.23. The van der Waals surface area contributed by atoms with E-state index >= 15 is 0 Å². The average Bonchev–Trinajstić information content (AvgIpc) is 3.60. The minimum absolute atomic E-state index is 0.752. The van der Waals surface area contributed by atoms with E-state index < -0.39 is 0 Å². The van der Waals surface area contributed by atoms with Crippen LogP contribution in [0.3, 0.4) is 0 Å². The number of hydrogen-bond donors (Lipinski definition) is 0. The second-order valence-corrected chi connectivity index (χ2v) is 12.0. The lowest BCUT2D eigenvalue weighted by Gasteiger charge is -2.06. The molecule has 0 radical (unpaired) electrons. The van der Waals surface area contributed by atoms with Gasteiger partial charge in [0.1, 0.15) is 11.2 Å². The summed E-state index contributed by atoms with van der Waals surface area (Å²) < 4.78 is 9.14. The molecule has 0 spiro atoms. The van der Waals surface area contributed by atoms with Gasteiger partial charge < -0.3 is 4.42 Å². The van der Waals surface area contributed by atoms with E-state index in [-0.39, 0.29) is 0 Å². The molecule has 0 fully saturated rings. The SMILES string of the molecule is Clc1cccc(-c2cccc3c2sc2c(-c4ccc5oc6c7ccccc7c7ccccc7c6c5c4)cccc23)c1. The third kappa shape index (κ3) is 3.35. The fourth-order valence-corrected chi connectivity index (χ4v) is 8.07. The molecule has 0 bridgehead atoms. The number of thiophene rings is 1. The first-order chi connectivity index (χ1) is 20.2. The molecule has 0 amide bonds. The molecule has 3 heteroatoms.